The van der Waals surface area contributed by atoms with Crippen molar-refractivity contribution in [2.45, 2.75) is 38.1 Å². The van der Waals surface area contributed by atoms with Gasteiger partial charge in [0.1, 0.15) is 5.82 Å². The summed E-state index contributed by atoms with van der Waals surface area (Å²) in [5.74, 6) is 1.04. The zero-order chi connectivity index (χ0) is 20.4. The molecular formula is C21H25N5O2S. The molecule has 4 N–H and O–H groups in total. The molecule has 152 valence electrons. The molecular weight excluding hydrogens is 386 g/mol. The fourth-order valence-electron chi connectivity index (χ4n) is 3.82. The van der Waals surface area contributed by atoms with E-state index < -0.39 is 10.0 Å². The van der Waals surface area contributed by atoms with Crippen LogP contribution < -0.4 is 15.8 Å². The van der Waals surface area contributed by atoms with Gasteiger partial charge in [0.25, 0.3) is 0 Å². The van der Waals surface area contributed by atoms with E-state index in [-0.39, 0.29) is 5.95 Å². The van der Waals surface area contributed by atoms with Gasteiger partial charge in [0.2, 0.25) is 16.0 Å². The number of nitrogens with two attached hydrogens (primary N) is 1. The number of fused-ring (bicyclic) bond motifs is 1. The Morgan fingerprint density at radius 3 is 2.34 bits per heavy atom. The molecule has 0 saturated heterocycles. The maximum atomic E-state index is 11.4. The Hall–Kier alpha value is -2.87. The fourth-order valence-corrected chi connectivity index (χ4v) is 4.39. The van der Waals surface area contributed by atoms with Gasteiger partial charge in [0.15, 0.2) is 0 Å². The zero-order valence-electron chi connectivity index (χ0n) is 16.4. The Bertz CT molecular complexity index is 1120. The van der Waals surface area contributed by atoms with Crippen molar-refractivity contribution in [1.29, 1.82) is 0 Å². The molecule has 1 aliphatic carbocycles. The highest BCUT2D eigenvalue weighted by atomic mass is 32.2. The number of anilines is 3. The number of nitrogens with one attached hydrogen (secondary N) is 2. The third-order valence-electron chi connectivity index (χ3n) is 5.18. The predicted octanol–water partition coefficient (Wildman–Crippen LogP) is 4.00. The molecule has 0 atom stereocenters. The second-order valence-electron chi connectivity index (χ2n) is 7.59. The second kappa shape index (κ2) is 7.87. The first-order valence-corrected chi connectivity index (χ1v) is 11.7. The van der Waals surface area contributed by atoms with Crippen molar-refractivity contribution in [3.63, 3.8) is 0 Å². The lowest BCUT2D eigenvalue weighted by Crippen LogP contribution is -2.23. The number of rotatable bonds is 5. The molecule has 4 rings (SSSR count). The highest BCUT2D eigenvalue weighted by Gasteiger charge is 2.16. The first-order chi connectivity index (χ1) is 13.9. The molecule has 0 spiro atoms. The summed E-state index contributed by atoms with van der Waals surface area (Å²) >= 11 is 0. The molecule has 3 aromatic rings. The standard InChI is InChI=1S/C21H25N5O2S/c1-29(27,28)26-17-10-7-14(8-11-17)15-9-12-19-18(13-15)20(25-21(22)24-19)23-16-5-3-2-4-6-16/h7-13,16,26H,2-6H2,1H3,(H3,22,23,24,25). The van der Waals surface area contributed by atoms with E-state index in [0.29, 0.717) is 11.7 Å². The van der Waals surface area contributed by atoms with Gasteiger partial charge in [-0.1, -0.05) is 37.5 Å². The average Bonchev–Trinajstić information content (AvgIpc) is 2.68. The van der Waals surface area contributed by atoms with Gasteiger partial charge in [-0.2, -0.15) is 4.98 Å². The van der Waals surface area contributed by atoms with Crippen molar-refractivity contribution < 1.29 is 8.42 Å². The summed E-state index contributed by atoms with van der Waals surface area (Å²) < 4.78 is 25.3. The van der Waals surface area contributed by atoms with Crippen molar-refractivity contribution in [3.8, 4) is 11.1 Å². The van der Waals surface area contributed by atoms with Gasteiger partial charge in [-0.05, 0) is 48.2 Å². The molecule has 0 radical (unpaired) electrons. The fraction of sp³-hybridized carbons (Fsp3) is 0.333. The average molecular weight is 412 g/mol. The minimum Gasteiger partial charge on any atom is -0.368 e. The third kappa shape index (κ3) is 4.76. The summed E-state index contributed by atoms with van der Waals surface area (Å²) in [7, 11) is -3.29. The van der Waals surface area contributed by atoms with Gasteiger partial charge in [0.05, 0.1) is 11.8 Å². The van der Waals surface area contributed by atoms with Crippen LogP contribution in [-0.2, 0) is 10.0 Å². The van der Waals surface area contributed by atoms with Gasteiger partial charge >= 0.3 is 0 Å². The molecule has 1 aliphatic rings. The minimum atomic E-state index is -3.29. The van der Waals surface area contributed by atoms with Crippen LogP contribution in [0.5, 0.6) is 0 Å². The molecule has 0 unspecified atom stereocenters. The van der Waals surface area contributed by atoms with Gasteiger partial charge < -0.3 is 11.1 Å². The number of benzene rings is 2. The molecule has 0 aliphatic heterocycles. The molecule has 2 aromatic carbocycles. The Kier molecular flexibility index (Phi) is 5.27. The van der Waals surface area contributed by atoms with Crippen LogP contribution in [0.4, 0.5) is 17.5 Å². The van der Waals surface area contributed by atoms with E-state index in [0.717, 1.165) is 46.9 Å². The summed E-state index contributed by atoms with van der Waals surface area (Å²) in [6.07, 6.45) is 7.17. The Labute approximate surface area is 170 Å². The van der Waals surface area contributed by atoms with E-state index in [1.54, 1.807) is 12.1 Å². The topological polar surface area (TPSA) is 110 Å². The van der Waals surface area contributed by atoms with Crippen LogP contribution in [0, 0.1) is 0 Å². The van der Waals surface area contributed by atoms with E-state index in [4.69, 9.17) is 5.73 Å². The van der Waals surface area contributed by atoms with Gasteiger partial charge in [-0.15, -0.1) is 0 Å². The molecule has 1 fully saturated rings. The lowest BCUT2D eigenvalue weighted by Gasteiger charge is -2.24. The van der Waals surface area contributed by atoms with Crippen molar-refractivity contribution >= 4 is 38.4 Å². The number of nitrogens with zero attached hydrogens (tertiary/aromatic N) is 2. The van der Waals surface area contributed by atoms with E-state index >= 15 is 0 Å². The summed E-state index contributed by atoms with van der Waals surface area (Å²) in [6.45, 7) is 0. The second-order valence-corrected chi connectivity index (χ2v) is 9.34. The summed E-state index contributed by atoms with van der Waals surface area (Å²) in [4.78, 5) is 8.83. The normalized spacial score (nSPS) is 15.3. The lowest BCUT2D eigenvalue weighted by molar-refractivity contribution is 0.462. The van der Waals surface area contributed by atoms with Crippen molar-refractivity contribution in [3.05, 3.63) is 42.5 Å². The van der Waals surface area contributed by atoms with E-state index in [1.165, 1.54) is 19.3 Å². The van der Waals surface area contributed by atoms with Crippen LogP contribution in [0.25, 0.3) is 22.0 Å². The molecule has 0 amide bonds. The highest BCUT2D eigenvalue weighted by molar-refractivity contribution is 7.92. The van der Waals surface area contributed by atoms with Crippen molar-refractivity contribution in [2.75, 3.05) is 22.0 Å². The van der Waals surface area contributed by atoms with Gasteiger partial charge in [-0.25, -0.2) is 13.4 Å². The summed E-state index contributed by atoms with van der Waals surface area (Å²) in [6, 6.07) is 13.7. The first kappa shape index (κ1) is 19.4. The Morgan fingerprint density at radius 2 is 1.66 bits per heavy atom. The van der Waals surface area contributed by atoms with Gasteiger partial charge in [0, 0.05) is 17.1 Å². The van der Waals surface area contributed by atoms with Crippen LogP contribution in [-0.4, -0.2) is 30.7 Å². The van der Waals surface area contributed by atoms with Crippen LogP contribution in [0.2, 0.25) is 0 Å². The molecule has 1 aromatic heterocycles. The number of sulfonamides is 1. The van der Waals surface area contributed by atoms with E-state index in [9.17, 15) is 8.42 Å². The van der Waals surface area contributed by atoms with Crippen LogP contribution >= 0.6 is 0 Å². The smallest absolute Gasteiger partial charge is 0.229 e. The number of hydrogen-bond donors (Lipinski definition) is 3. The number of nitrogen functional groups attached to an aromatic ring is 1. The molecule has 1 saturated carbocycles. The summed E-state index contributed by atoms with van der Waals surface area (Å²) in [5.41, 5.74) is 9.24. The Morgan fingerprint density at radius 1 is 0.966 bits per heavy atom. The predicted molar refractivity (Wildman–Crippen MR) is 118 cm³/mol. The lowest BCUT2D eigenvalue weighted by atomic mass is 9.95. The number of hydrogen-bond acceptors (Lipinski definition) is 6. The van der Waals surface area contributed by atoms with E-state index in [2.05, 4.69) is 26.1 Å². The molecule has 8 heteroatoms. The third-order valence-corrected chi connectivity index (χ3v) is 5.79. The van der Waals surface area contributed by atoms with E-state index in [1.807, 2.05) is 24.3 Å². The molecule has 7 nitrogen and oxygen atoms in total. The largest absolute Gasteiger partial charge is 0.368 e. The molecule has 0 bridgehead atoms. The highest BCUT2D eigenvalue weighted by Crippen LogP contribution is 2.30. The minimum absolute atomic E-state index is 0.264. The monoisotopic (exact) mass is 411 g/mol. The van der Waals surface area contributed by atoms with Crippen LogP contribution in [0.1, 0.15) is 32.1 Å². The maximum Gasteiger partial charge on any atom is 0.229 e. The summed E-state index contributed by atoms with van der Waals surface area (Å²) in [5, 5.41) is 4.50. The molecule has 1 heterocycles. The SMILES string of the molecule is CS(=O)(=O)Nc1ccc(-c2ccc3nc(N)nc(NC4CCCCC4)c3c2)cc1. The maximum absolute atomic E-state index is 11.4. The number of aromatic nitrogens is 2. The molecule has 29 heavy (non-hydrogen) atoms. The van der Waals surface area contributed by atoms with Gasteiger partial charge in [-0.3, -0.25) is 4.72 Å². The van der Waals surface area contributed by atoms with Crippen molar-refractivity contribution in [1.82, 2.24) is 9.97 Å². The quantitative estimate of drug-likeness (QED) is 0.585. The zero-order valence-corrected chi connectivity index (χ0v) is 17.2. The Balaban J connectivity index is 1.67. The van der Waals surface area contributed by atoms with Crippen LogP contribution in [0.15, 0.2) is 42.5 Å². The first-order valence-electron chi connectivity index (χ1n) is 9.79. The van der Waals surface area contributed by atoms with Crippen LogP contribution in [0.3, 0.4) is 0 Å². The van der Waals surface area contributed by atoms with Crippen molar-refractivity contribution in [2.24, 2.45) is 0 Å².